The smallest absolute Gasteiger partial charge is 0.152 e. The second kappa shape index (κ2) is 5.34. The van der Waals surface area contributed by atoms with E-state index in [4.69, 9.17) is 34.8 Å². The van der Waals surface area contributed by atoms with Gasteiger partial charge in [-0.05, 0) is 18.2 Å². The number of benzene rings is 2. The predicted octanol–water partition coefficient (Wildman–Crippen LogP) is 5.75. The van der Waals surface area contributed by atoms with E-state index in [1.807, 2.05) is 0 Å². The van der Waals surface area contributed by atoms with Crippen molar-refractivity contribution in [2.24, 2.45) is 0 Å². The molecule has 3 rings (SSSR count). The lowest BCUT2D eigenvalue weighted by Gasteiger charge is -2.09. The van der Waals surface area contributed by atoms with Gasteiger partial charge in [-0.3, -0.25) is 4.79 Å². The van der Waals surface area contributed by atoms with E-state index in [1.54, 1.807) is 18.2 Å². The molecule has 1 heterocycles. The zero-order chi connectivity index (χ0) is 15.1. The number of nitrogens with one attached hydrogen (secondary N) is 1. The summed E-state index contributed by atoms with van der Waals surface area (Å²) < 4.78 is 13.9. The molecular weight excluding hydrogens is 336 g/mol. The molecule has 0 saturated heterocycles. The van der Waals surface area contributed by atoms with Crippen LogP contribution in [0.15, 0.2) is 30.5 Å². The fourth-order valence-electron chi connectivity index (χ4n) is 2.28. The number of fused-ring (bicyclic) bond motifs is 1. The highest BCUT2D eigenvalue weighted by Gasteiger charge is 2.17. The molecule has 0 atom stereocenters. The van der Waals surface area contributed by atoms with Gasteiger partial charge in [0.1, 0.15) is 5.82 Å². The van der Waals surface area contributed by atoms with Crippen LogP contribution in [0.4, 0.5) is 4.39 Å². The molecule has 0 unspecified atom stereocenters. The molecule has 0 amide bonds. The predicted molar refractivity (Wildman–Crippen MR) is 84.1 cm³/mol. The maximum Gasteiger partial charge on any atom is 0.152 e. The van der Waals surface area contributed by atoms with Crippen LogP contribution in [0.3, 0.4) is 0 Å². The van der Waals surface area contributed by atoms with Gasteiger partial charge in [-0.25, -0.2) is 4.39 Å². The average molecular weight is 343 g/mol. The molecule has 0 aliphatic rings. The third kappa shape index (κ3) is 2.22. The number of hydrogen-bond donors (Lipinski definition) is 1. The highest BCUT2D eigenvalue weighted by molar-refractivity contribution is 6.49. The summed E-state index contributed by atoms with van der Waals surface area (Å²) in [5.74, 6) is -0.478. The number of carbonyl (C=O) groups excluding carboxylic acids is 1. The molecule has 0 spiro atoms. The summed E-state index contributed by atoms with van der Waals surface area (Å²) in [6.45, 7) is 0. The number of hydrogen-bond acceptors (Lipinski definition) is 1. The average Bonchev–Trinajstić information content (AvgIpc) is 2.91. The van der Waals surface area contributed by atoms with Crippen LogP contribution in [0.5, 0.6) is 0 Å². The summed E-state index contributed by atoms with van der Waals surface area (Å²) in [5, 5.41) is 1.07. The molecule has 0 aliphatic carbocycles. The van der Waals surface area contributed by atoms with Crippen molar-refractivity contribution in [3.8, 4) is 11.1 Å². The molecule has 0 bridgehead atoms. The van der Waals surface area contributed by atoms with Gasteiger partial charge in [0.15, 0.2) is 6.29 Å². The number of H-pyrrole nitrogens is 1. The van der Waals surface area contributed by atoms with Gasteiger partial charge in [0, 0.05) is 28.3 Å². The van der Waals surface area contributed by atoms with Gasteiger partial charge in [0.05, 0.1) is 20.6 Å². The van der Waals surface area contributed by atoms with E-state index in [-0.39, 0.29) is 21.0 Å². The summed E-state index contributed by atoms with van der Waals surface area (Å²) in [6.07, 6.45) is 2.05. The van der Waals surface area contributed by atoms with Crippen LogP contribution in [0.2, 0.25) is 15.1 Å². The second-order valence-corrected chi connectivity index (χ2v) is 5.59. The lowest BCUT2D eigenvalue weighted by atomic mass is 10.0. The monoisotopic (exact) mass is 341 g/mol. The lowest BCUT2D eigenvalue weighted by molar-refractivity contribution is 0.112. The molecule has 2 nitrogen and oxygen atoms in total. The largest absolute Gasteiger partial charge is 0.360 e. The van der Waals surface area contributed by atoms with Crippen LogP contribution in [0.1, 0.15) is 10.4 Å². The molecule has 0 radical (unpaired) electrons. The zero-order valence-corrected chi connectivity index (χ0v) is 12.7. The Bertz CT molecular complexity index is 873. The number of rotatable bonds is 2. The van der Waals surface area contributed by atoms with Gasteiger partial charge < -0.3 is 4.98 Å². The summed E-state index contributed by atoms with van der Waals surface area (Å²) in [5.41, 5.74) is 1.98. The van der Waals surface area contributed by atoms with Gasteiger partial charge in [-0.15, -0.1) is 0 Å². The minimum absolute atomic E-state index is 0.227. The summed E-state index contributed by atoms with van der Waals surface area (Å²) in [6, 6.07) is 6.18. The van der Waals surface area contributed by atoms with Crippen molar-refractivity contribution < 1.29 is 9.18 Å². The maximum atomic E-state index is 13.9. The van der Waals surface area contributed by atoms with E-state index in [0.29, 0.717) is 28.0 Å². The van der Waals surface area contributed by atoms with E-state index in [0.717, 1.165) is 0 Å². The van der Waals surface area contributed by atoms with E-state index < -0.39 is 5.82 Å². The highest BCUT2D eigenvalue weighted by atomic mass is 35.5. The van der Waals surface area contributed by atoms with Gasteiger partial charge in [-0.1, -0.05) is 40.9 Å². The summed E-state index contributed by atoms with van der Waals surface area (Å²) in [7, 11) is 0. The van der Waals surface area contributed by atoms with Crippen molar-refractivity contribution in [2.45, 2.75) is 0 Å². The molecule has 0 saturated carbocycles. The minimum atomic E-state index is -0.478. The van der Waals surface area contributed by atoms with Crippen molar-refractivity contribution in [2.75, 3.05) is 0 Å². The van der Waals surface area contributed by atoms with Crippen molar-refractivity contribution in [3.05, 3.63) is 56.9 Å². The lowest BCUT2D eigenvalue weighted by Crippen LogP contribution is -1.87. The van der Waals surface area contributed by atoms with Crippen molar-refractivity contribution >= 4 is 52.0 Å². The Hall–Kier alpha value is -1.55. The normalized spacial score (nSPS) is 11.0. The number of halogens is 4. The van der Waals surface area contributed by atoms with Crippen molar-refractivity contribution in [3.63, 3.8) is 0 Å². The fraction of sp³-hybridized carbons (Fsp3) is 0. The van der Waals surface area contributed by atoms with Gasteiger partial charge in [-0.2, -0.15) is 0 Å². The molecule has 106 valence electrons. The first-order valence-electron chi connectivity index (χ1n) is 5.93. The first kappa shape index (κ1) is 14.4. The standard InChI is InChI=1S/C15H7Cl3FNO/c16-10-3-1-8(13(17)14(10)18)9-2-4-11(19)12-7(6-21)5-20-15(9)12/h1-6,20H. The fourth-order valence-corrected chi connectivity index (χ4v) is 2.92. The number of aldehydes is 1. The minimum Gasteiger partial charge on any atom is -0.360 e. The van der Waals surface area contributed by atoms with E-state index >= 15 is 0 Å². The molecule has 0 aliphatic heterocycles. The maximum absolute atomic E-state index is 13.9. The summed E-state index contributed by atoms with van der Waals surface area (Å²) >= 11 is 18.2. The second-order valence-electron chi connectivity index (χ2n) is 4.43. The van der Waals surface area contributed by atoms with Crippen molar-refractivity contribution in [1.29, 1.82) is 0 Å². The molecule has 21 heavy (non-hydrogen) atoms. The number of aromatic amines is 1. The topological polar surface area (TPSA) is 32.9 Å². The molecular formula is C15H7Cl3FNO. The molecule has 1 N–H and O–H groups in total. The first-order valence-corrected chi connectivity index (χ1v) is 7.06. The Balaban J connectivity index is 2.37. The van der Waals surface area contributed by atoms with Gasteiger partial charge in [0.2, 0.25) is 0 Å². The molecule has 0 fully saturated rings. The van der Waals surface area contributed by atoms with Gasteiger partial charge in [0.25, 0.3) is 0 Å². The Labute approximate surface area is 134 Å². The highest BCUT2D eigenvalue weighted by Crippen LogP contribution is 2.40. The van der Waals surface area contributed by atoms with Crippen LogP contribution in [0, 0.1) is 5.82 Å². The van der Waals surface area contributed by atoms with Crippen LogP contribution in [-0.2, 0) is 0 Å². The SMILES string of the molecule is O=Cc1c[nH]c2c(-c3ccc(Cl)c(Cl)c3Cl)ccc(F)c12. The van der Waals surface area contributed by atoms with Crippen LogP contribution < -0.4 is 0 Å². The van der Waals surface area contributed by atoms with E-state index in [2.05, 4.69) is 4.98 Å². The Morgan fingerprint density at radius 2 is 1.71 bits per heavy atom. The van der Waals surface area contributed by atoms with Crippen LogP contribution in [0.25, 0.3) is 22.0 Å². The van der Waals surface area contributed by atoms with E-state index in [9.17, 15) is 9.18 Å². The molecule has 3 aromatic rings. The van der Waals surface area contributed by atoms with Crippen molar-refractivity contribution in [1.82, 2.24) is 4.98 Å². The third-order valence-electron chi connectivity index (χ3n) is 3.27. The Morgan fingerprint density at radius 3 is 2.43 bits per heavy atom. The van der Waals surface area contributed by atoms with Crippen LogP contribution in [-0.4, -0.2) is 11.3 Å². The number of carbonyl (C=O) groups is 1. The number of aromatic nitrogens is 1. The van der Waals surface area contributed by atoms with Crippen LogP contribution >= 0.6 is 34.8 Å². The molecule has 6 heteroatoms. The molecule has 1 aromatic heterocycles. The van der Waals surface area contributed by atoms with Gasteiger partial charge >= 0.3 is 0 Å². The van der Waals surface area contributed by atoms with E-state index in [1.165, 1.54) is 12.3 Å². The zero-order valence-electron chi connectivity index (χ0n) is 10.4. The first-order chi connectivity index (χ1) is 10.0. The quantitative estimate of drug-likeness (QED) is 0.467. The Morgan fingerprint density at radius 1 is 1.00 bits per heavy atom. The third-order valence-corrected chi connectivity index (χ3v) is 4.56. The Kier molecular flexibility index (Phi) is 3.66. The summed E-state index contributed by atoms with van der Waals surface area (Å²) in [4.78, 5) is 13.9. The molecule has 2 aromatic carbocycles.